The number of likely N-dealkylation sites (tertiary alicyclic amines) is 1. The molecule has 5 rings (SSSR count). The van der Waals surface area contributed by atoms with E-state index in [0.717, 1.165) is 19.5 Å². The molecular formula is C20H24N2O2S. The highest BCUT2D eigenvalue weighted by atomic mass is 32.1. The molecule has 1 aromatic heterocycles. The van der Waals surface area contributed by atoms with Crippen molar-refractivity contribution in [3.63, 3.8) is 0 Å². The number of nitrogens with zero attached hydrogens (tertiary/aromatic N) is 2. The van der Waals surface area contributed by atoms with Crippen molar-refractivity contribution in [1.29, 1.82) is 0 Å². The van der Waals surface area contributed by atoms with Crippen LogP contribution in [-0.2, 0) is 16.1 Å². The number of carbonyl (C=O) groups is 1. The van der Waals surface area contributed by atoms with Crippen LogP contribution in [0.4, 0.5) is 0 Å². The maximum absolute atomic E-state index is 12.7. The Bertz CT molecular complexity index is 799. The monoisotopic (exact) mass is 356 g/mol. The van der Waals surface area contributed by atoms with Gasteiger partial charge in [-0.05, 0) is 23.4 Å². The van der Waals surface area contributed by atoms with Crippen molar-refractivity contribution in [2.45, 2.75) is 51.0 Å². The Morgan fingerprint density at radius 1 is 1.36 bits per heavy atom. The second-order valence-electron chi connectivity index (χ2n) is 7.92. The van der Waals surface area contributed by atoms with Gasteiger partial charge in [-0.2, -0.15) is 0 Å². The molecule has 0 unspecified atom stereocenters. The fourth-order valence-electron chi connectivity index (χ4n) is 4.96. The molecule has 0 N–H and O–H groups in total. The predicted molar refractivity (Wildman–Crippen MR) is 99.4 cm³/mol. The fraction of sp³-hybridized carbons (Fsp3) is 0.550. The summed E-state index contributed by atoms with van der Waals surface area (Å²) in [4.78, 5) is 18.7. The van der Waals surface area contributed by atoms with Gasteiger partial charge in [0, 0.05) is 35.5 Å². The topological polar surface area (TPSA) is 32.8 Å². The summed E-state index contributed by atoms with van der Waals surface area (Å²) in [7, 11) is 0. The predicted octanol–water partition coefficient (Wildman–Crippen LogP) is 3.46. The minimum absolute atomic E-state index is 0.203. The van der Waals surface area contributed by atoms with E-state index in [9.17, 15) is 4.79 Å². The van der Waals surface area contributed by atoms with Crippen LogP contribution < -0.4 is 0 Å². The number of amides is 1. The van der Waals surface area contributed by atoms with Crippen molar-refractivity contribution in [3.05, 3.63) is 35.2 Å². The summed E-state index contributed by atoms with van der Waals surface area (Å²) in [5.74, 6) is 0.723. The van der Waals surface area contributed by atoms with E-state index in [1.807, 2.05) is 11.3 Å². The van der Waals surface area contributed by atoms with E-state index in [1.165, 1.54) is 15.0 Å². The summed E-state index contributed by atoms with van der Waals surface area (Å²) in [5, 5.41) is 1.32. The van der Waals surface area contributed by atoms with Gasteiger partial charge in [0.1, 0.15) is 0 Å². The molecule has 3 saturated heterocycles. The average molecular weight is 356 g/mol. The van der Waals surface area contributed by atoms with Crippen LogP contribution in [0.25, 0.3) is 10.1 Å². The maximum Gasteiger partial charge on any atom is 0.226 e. The molecule has 25 heavy (non-hydrogen) atoms. The Morgan fingerprint density at radius 3 is 3.00 bits per heavy atom. The number of benzene rings is 1. The molecule has 3 aliphatic heterocycles. The highest BCUT2D eigenvalue weighted by Crippen LogP contribution is 2.49. The van der Waals surface area contributed by atoms with Crippen LogP contribution >= 0.6 is 11.3 Å². The first-order chi connectivity index (χ1) is 12.1. The van der Waals surface area contributed by atoms with Gasteiger partial charge in [0.15, 0.2) is 5.72 Å². The standard InChI is InChI=1S/C20H24N2O2S/c1-13(2)16-12-24-20-7-8-21(18(20)10-19(23)22(16)20)11-15-9-14-5-3-4-6-17(14)25-15/h3-6,9,13,16,18H,7-8,10-12H2,1-2H3/t16-,18+,20-/m0/s1. The van der Waals surface area contributed by atoms with Crippen molar-refractivity contribution in [2.24, 2.45) is 5.92 Å². The highest BCUT2D eigenvalue weighted by molar-refractivity contribution is 7.19. The van der Waals surface area contributed by atoms with Gasteiger partial charge in [-0.1, -0.05) is 32.0 Å². The van der Waals surface area contributed by atoms with Gasteiger partial charge in [-0.25, -0.2) is 0 Å². The van der Waals surface area contributed by atoms with Gasteiger partial charge >= 0.3 is 0 Å². The number of fused-ring (bicyclic) bond motifs is 1. The van der Waals surface area contributed by atoms with E-state index in [1.54, 1.807) is 0 Å². The SMILES string of the molecule is CC(C)[C@@H]1CO[C@@]23CCN(Cc4cc5ccccc5s4)[C@@H]2CC(=O)N13. The molecule has 0 radical (unpaired) electrons. The summed E-state index contributed by atoms with van der Waals surface area (Å²) < 4.78 is 7.67. The second kappa shape index (κ2) is 5.53. The third-order valence-corrected chi connectivity index (χ3v) is 7.30. The smallest absolute Gasteiger partial charge is 0.226 e. The summed E-state index contributed by atoms with van der Waals surface area (Å²) in [6, 6.07) is 11.3. The van der Waals surface area contributed by atoms with Crippen LogP contribution in [0.15, 0.2) is 30.3 Å². The van der Waals surface area contributed by atoms with Crippen molar-refractivity contribution in [2.75, 3.05) is 13.2 Å². The van der Waals surface area contributed by atoms with Gasteiger partial charge in [0.25, 0.3) is 0 Å². The number of ether oxygens (including phenoxy) is 1. The normalized spacial score (nSPS) is 32.1. The van der Waals surface area contributed by atoms with Crippen molar-refractivity contribution in [3.8, 4) is 0 Å². The molecule has 1 spiro atoms. The molecule has 0 saturated carbocycles. The minimum atomic E-state index is -0.358. The number of hydrogen-bond donors (Lipinski definition) is 0. The summed E-state index contributed by atoms with van der Waals surface area (Å²) in [5.41, 5.74) is -0.358. The first-order valence-electron chi connectivity index (χ1n) is 9.26. The van der Waals surface area contributed by atoms with E-state index < -0.39 is 0 Å². The number of thiophene rings is 1. The Labute approximate surface area is 152 Å². The zero-order valence-corrected chi connectivity index (χ0v) is 15.6. The molecule has 0 aliphatic carbocycles. The summed E-state index contributed by atoms with van der Waals surface area (Å²) >= 11 is 1.87. The average Bonchev–Trinajstić information content (AvgIpc) is 3.29. The van der Waals surface area contributed by atoms with E-state index in [2.05, 4.69) is 54.0 Å². The zero-order chi connectivity index (χ0) is 17.2. The lowest BCUT2D eigenvalue weighted by atomic mass is 10.0. The van der Waals surface area contributed by atoms with E-state index >= 15 is 0 Å². The molecule has 132 valence electrons. The van der Waals surface area contributed by atoms with Crippen LogP contribution in [0, 0.1) is 5.92 Å². The summed E-state index contributed by atoms with van der Waals surface area (Å²) in [6.07, 6.45) is 1.55. The number of rotatable bonds is 3. The van der Waals surface area contributed by atoms with Crippen LogP contribution in [0.2, 0.25) is 0 Å². The Morgan fingerprint density at radius 2 is 2.20 bits per heavy atom. The number of carbonyl (C=O) groups excluding carboxylic acids is 1. The van der Waals surface area contributed by atoms with Gasteiger partial charge in [-0.15, -0.1) is 11.3 Å². The summed E-state index contributed by atoms with van der Waals surface area (Å²) in [6.45, 7) is 7.00. The van der Waals surface area contributed by atoms with Crippen LogP contribution in [0.3, 0.4) is 0 Å². The Hall–Kier alpha value is -1.43. The first-order valence-corrected chi connectivity index (χ1v) is 10.1. The van der Waals surface area contributed by atoms with E-state index in [0.29, 0.717) is 18.9 Å². The quantitative estimate of drug-likeness (QED) is 0.844. The van der Waals surface area contributed by atoms with Crippen molar-refractivity contribution in [1.82, 2.24) is 9.80 Å². The van der Waals surface area contributed by atoms with Crippen molar-refractivity contribution >= 4 is 27.3 Å². The van der Waals surface area contributed by atoms with Gasteiger partial charge in [-0.3, -0.25) is 9.69 Å². The molecule has 1 aromatic carbocycles. The molecule has 0 bridgehead atoms. The molecular weight excluding hydrogens is 332 g/mol. The third kappa shape index (κ3) is 2.22. The molecule has 1 amide bonds. The maximum atomic E-state index is 12.7. The second-order valence-corrected chi connectivity index (χ2v) is 9.09. The molecule has 2 aromatic rings. The zero-order valence-electron chi connectivity index (χ0n) is 14.8. The lowest BCUT2D eigenvalue weighted by molar-refractivity contribution is -0.139. The van der Waals surface area contributed by atoms with Crippen molar-refractivity contribution < 1.29 is 9.53 Å². The molecule has 5 heteroatoms. The Balaban J connectivity index is 1.42. The third-order valence-electron chi connectivity index (χ3n) is 6.20. The van der Waals surface area contributed by atoms with E-state index in [4.69, 9.17) is 4.74 Å². The number of hydrogen-bond acceptors (Lipinski definition) is 4. The fourth-order valence-corrected chi connectivity index (χ4v) is 6.05. The molecule has 3 fully saturated rings. The molecule has 3 aliphatic rings. The molecule has 4 nitrogen and oxygen atoms in total. The van der Waals surface area contributed by atoms with Gasteiger partial charge < -0.3 is 9.64 Å². The van der Waals surface area contributed by atoms with Gasteiger partial charge in [0.05, 0.1) is 18.7 Å². The van der Waals surface area contributed by atoms with Crippen LogP contribution in [0.5, 0.6) is 0 Å². The molecule has 3 atom stereocenters. The highest BCUT2D eigenvalue weighted by Gasteiger charge is 2.64. The molecule has 4 heterocycles. The van der Waals surface area contributed by atoms with Crippen LogP contribution in [0.1, 0.15) is 31.6 Å². The minimum Gasteiger partial charge on any atom is -0.352 e. The largest absolute Gasteiger partial charge is 0.352 e. The lowest BCUT2D eigenvalue weighted by Gasteiger charge is -2.34. The van der Waals surface area contributed by atoms with E-state index in [-0.39, 0.29) is 23.7 Å². The lowest BCUT2D eigenvalue weighted by Crippen LogP contribution is -2.50. The Kier molecular flexibility index (Phi) is 3.50. The van der Waals surface area contributed by atoms with Gasteiger partial charge in [0.2, 0.25) is 5.91 Å². The first kappa shape index (κ1) is 15.8. The van der Waals surface area contributed by atoms with Crippen LogP contribution in [-0.4, -0.2) is 46.7 Å².